The number of fused-ring (bicyclic) bond motifs is 1. The lowest BCUT2D eigenvalue weighted by molar-refractivity contribution is -0.120. The molecule has 0 radical (unpaired) electrons. The van der Waals surface area contributed by atoms with Gasteiger partial charge in [-0.3, -0.25) is 9.59 Å². The smallest absolute Gasteiger partial charge is 0.227 e. The van der Waals surface area contributed by atoms with E-state index in [9.17, 15) is 9.59 Å². The van der Waals surface area contributed by atoms with Gasteiger partial charge in [-0.05, 0) is 37.1 Å². The molecule has 0 spiro atoms. The molecule has 0 fully saturated rings. The van der Waals surface area contributed by atoms with Crippen LogP contribution in [-0.2, 0) is 22.4 Å². The van der Waals surface area contributed by atoms with Gasteiger partial charge >= 0.3 is 0 Å². The first-order valence-electron chi connectivity index (χ1n) is 7.31. The fraction of sp³-hybridized carbons (Fsp3) is 0.312. The quantitative estimate of drug-likeness (QED) is 0.811. The van der Waals surface area contributed by atoms with Crippen LogP contribution in [0, 0.1) is 5.92 Å². The van der Waals surface area contributed by atoms with Gasteiger partial charge < -0.3 is 15.6 Å². The lowest BCUT2D eigenvalue weighted by atomic mass is 9.89. The summed E-state index contributed by atoms with van der Waals surface area (Å²) in [7, 11) is 0. The van der Waals surface area contributed by atoms with Gasteiger partial charge in [0, 0.05) is 36.3 Å². The summed E-state index contributed by atoms with van der Waals surface area (Å²) in [5.74, 6) is -0.134. The molecule has 3 N–H and O–H groups in total. The first kappa shape index (κ1) is 14.3. The first-order chi connectivity index (χ1) is 10.6. The van der Waals surface area contributed by atoms with E-state index in [1.165, 1.54) is 6.92 Å². The Morgan fingerprint density at radius 2 is 1.86 bits per heavy atom. The van der Waals surface area contributed by atoms with Crippen molar-refractivity contribution in [2.45, 2.75) is 26.2 Å². The summed E-state index contributed by atoms with van der Waals surface area (Å²) in [5.41, 5.74) is 3.58. The zero-order valence-corrected chi connectivity index (χ0v) is 12.3. The van der Waals surface area contributed by atoms with Crippen LogP contribution in [0.15, 0.2) is 30.6 Å². The summed E-state index contributed by atoms with van der Waals surface area (Å²) in [5, 5.41) is 5.62. The molecule has 1 aromatic carbocycles. The molecule has 0 bridgehead atoms. The van der Waals surface area contributed by atoms with Crippen LogP contribution in [0.25, 0.3) is 0 Å². The van der Waals surface area contributed by atoms with Crippen LogP contribution in [0.1, 0.15) is 24.7 Å². The van der Waals surface area contributed by atoms with Crippen LogP contribution >= 0.6 is 0 Å². The summed E-state index contributed by atoms with van der Waals surface area (Å²) in [4.78, 5) is 30.7. The predicted octanol–water partition coefficient (Wildman–Crippen LogP) is 2.11. The minimum atomic E-state index is -0.116. The zero-order valence-electron chi connectivity index (χ0n) is 12.3. The number of nitrogens with zero attached hydrogens (tertiary/aromatic N) is 1. The van der Waals surface area contributed by atoms with Gasteiger partial charge in [0.25, 0.3) is 0 Å². The fourth-order valence-corrected chi connectivity index (χ4v) is 2.71. The monoisotopic (exact) mass is 298 g/mol. The van der Waals surface area contributed by atoms with Crippen LogP contribution in [-0.4, -0.2) is 21.8 Å². The number of carbonyl (C=O) groups excluding carboxylic acids is 2. The van der Waals surface area contributed by atoms with Gasteiger partial charge in [-0.1, -0.05) is 0 Å². The van der Waals surface area contributed by atoms with Gasteiger partial charge in [-0.25, -0.2) is 4.98 Å². The number of aryl methyl sites for hydroxylation is 1. The summed E-state index contributed by atoms with van der Waals surface area (Å²) in [6.45, 7) is 1.46. The molecule has 2 aromatic rings. The molecule has 2 amide bonds. The van der Waals surface area contributed by atoms with E-state index < -0.39 is 0 Å². The van der Waals surface area contributed by atoms with E-state index in [-0.39, 0.29) is 17.7 Å². The van der Waals surface area contributed by atoms with Crippen molar-refractivity contribution in [3.8, 4) is 0 Å². The molecule has 6 heteroatoms. The van der Waals surface area contributed by atoms with Crippen LogP contribution < -0.4 is 10.6 Å². The van der Waals surface area contributed by atoms with Crippen LogP contribution in [0.2, 0.25) is 0 Å². The minimum absolute atomic E-state index is 0.0209. The second-order valence-electron chi connectivity index (χ2n) is 5.52. The molecule has 0 aliphatic heterocycles. The van der Waals surface area contributed by atoms with Crippen molar-refractivity contribution in [1.82, 2.24) is 9.97 Å². The van der Waals surface area contributed by atoms with Crippen molar-refractivity contribution < 1.29 is 9.59 Å². The first-order valence-corrected chi connectivity index (χ1v) is 7.31. The Hall–Kier alpha value is -2.63. The third-order valence-electron chi connectivity index (χ3n) is 3.83. The molecule has 0 saturated carbocycles. The molecule has 6 nitrogen and oxygen atoms in total. The van der Waals surface area contributed by atoms with Crippen LogP contribution in [0.3, 0.4) is 0 Å². The molecule has 1 unspecified atom stereocenters. The molecular weight excluding hydrogens is 280 g/mol. The second kappa shape index (κ2) is 6.01. The summed E-state index contributed by atoms with van der Waals surface area (Å²) < 4.78 is 0. The van der Waals surface area contributed by atoms with E-state index in [1.54, 1.807) is 30.6 Å². The maximum absolute atomic E-state index is 12.3. The van der Waals surface area contributed by atoms with Crippen molar-refractivity contribution >= 4 is 23.2 Å². The lowest BCUT2D eigenvalue weighted by Crippen LogP contribution is -2.28. The number of anilines is 2. The molecule has 1 aliphatic rings. The van der Waals surface area contributed by atoms with E-state index in [4.69, 9.17) is 0 Å². The maximum Gasteiger partial charge on any atom is 0.227 e. The minimum Gasteiger partial charge on any atom is -0.348 e. The number of imidazole rings is 1. The molecular formula is C16H18N4O2. The Kier molecular flexibility index (Phi) is 3.91. The maximum atomic E-state index is 12.3. The Labute approximate surface area is 128 Å². The molecule has 114 valence electrons. The van der Waals surface area contributed by atoms with E-state index in [0.29, 0.717) is 12.1 Å². The van der Waals surface area contributed by atoms with Gasteiger partial charge in [0.15, 0.2) is 0 Å². The van der Waals surface area contributed by atoms with Crippen molar-refractivity contribution in [2.24, 2.45) is 5.92 Å². The highest BCUT2D eigenvalue weighted by atomic mass is 16.2. The van der Waals surface area contributed by atoms with E-state index >= 15 is 0 Å². The van der Waals surface area contributed by atoms with Gasteiger partial charge in [-0.15, -0.1) is 0 Å². The summed E-state index contributed by atoms with van der Waals surface area (Å²) in [6.07, 6.45) is 4.03. The predicted molar refractivity (Wildman–Crippen MR) is 83.5 cm³/mol. The number of H-pyrrole nitrogens is 1. The molecule has 1 heterocycles. The highest BCUT2D eigenvalue weighted by Crippen LogP contribution is 2.24. The van der Waals surface area contributed by atoms with E-state index in [0.717, 1.165) is 29.9 Å². The lowest BCUT2D eigenvalue weighted by Gasteiger charge is -2.20. The van der Waals surface area contributed by atoms with Crippen LogP contribution in [0.4, 0.5) is 11.4 Å². The number of aromatic amines is 1. The highest BCUT2D eigenvalue weighted by Gasteiger charge is 2.26. The number of hydrogen-bond donors (Lipinski definition) is 3. The molecule has 1 atom stereocenters. The fourth-order valence-electron chi connectivity index (χ4n) is 2.71. The average molecular weight is 298 g/mol. The number of amides is 2. The Bertz CT molecular complexity index is 690. The molecule has 22 heavy (non-hydrogen) atoms. The molecule has 1 aliphatic carbocycles. The second-order valence-corrected chi connectivity index (χ2v) is 5.52. The SMILES string of the molecule is CC(=O)Nc1ccc(NC(=O)C2CCc3nc[nH]c3C2)cc1. The van der Waals surface area contributed by atoms with Crippen molar-refractivity contribution in [3.05, 3.63) is 42.0 Å². The third-order valence-corrected chi connectivity index (χ3v) is 3.83. The Morgan fingerprint density at radius 1 is 1.18 bits per heavy atom. The van der Waals surface area contributed by atoms with Gasteiger partial charge in [-0.2, -0.15) is 0 Å². The number of carbonyl (C=O) groups is 2. The standard InChI is InChI=1S/C16H18N4O2/c1-10(21)19-12-3-5-13(6-4-12)20-16(22)11-2-7-14-15(8-11)18-9-17-14/h3-6,9,11H,2,7-8H2,1H3,(H,17,18)(H,19,21)(H,20,22). The third kappa shape index (κ3) is 3.16. The topological polar surface area (TPSA) is 86.9 Å². The molecule has 3 rings (SSSR count). The average Bonchev–Trinajstić information content (AvgIpc) is 2.96. The number of hydrogen-bond acceptors (Lipinski definition) is 3. The zero-order chi connectivity index (χ0) is 15.5. The number of nitrogens with one attached hydrogen (secondary N) is 3. The Balaban J connectivity index is 1.61. The Morgan fingerprint density at radius 3 is 2.55 bits per heavy atom. The number of aromatic nitrogens is 2. The molecule has 0 saturated heterocycles. The number of benzene rings is 1. The van der Waals surface area contributed by atoms with Crippen molar-refractivity contribution in [2.75, 3.05) is 10.6 Å². The van der Waals surface area contributed by atoms with Gasteiger partial charge in [0.2, 0.25) is 11.8 Å². The largest absolute Gasteiger partial charge is 0.348 e. The van der Waals surface area contributed by atoms with Crippen molar-refractivity contribution in [3.63, 3.8) is 0 Å². The number of rotatable bonds is 3. The summed E-state index contributed by atoms with van der Waals surface area (Å²) >= 11 is 0. The van der Waals surface area contributed by atoms with E-state index in [2.05, 4.69) is 20.6 Å². The van der Waals surface area contributed by atoms with Gasteiger partial charge in [0.05, 0.1) is 12.0 Å². The van der Waals surface area contributed by atoms with Crippen LogP contribution in [0.5, 0.6) is 0 Å². The molecule has 1 aromatic heterocycles. The highest BCUT2D eigenvalue weighted by molar-refractivity contribution is 5.93. The summed E-state index contributed by atoms with van der Waals surface area (Å²) in [6, 6.07) is 7.11. The van der Waals surface area contributed by atoms with E-state index in [1.807, 2.05) is 0 Å². The normalized spacial score (nSPS) is 16.7. The van der Waals surface area contributed by atoms with Crippen molar-refractivity contribution in [1.29, 1.82) is 0 Å². The van der Waals surface area contributed by atoms with Gasteiger partial charge in [0.1, 0.15) is 0 Å².